The Hall–Kier alpha value is -1.14. The number of ether oxygens (including phenoxy) is 1. The third kappa shape index (κ3) is 3.12. The fourth-order valence-electron chi connectivity index (χ4n) is 2.62. The molecule has 1 aromatic rings. The summed E-state index contributed by atoms with van der Waals surface area (Å²) in [5, 5.41) is 0.368. The third-order valence-corrected chi connectivity index (χ3v) is 5.04. The van der Waals surface area contributed by atoms with Crippen LogP contribution in [0.5, 0.6) is 0 Å². The topological polar surface area (TPSA) is 45.9 Å². The van der Waals surface area contributed by atoms with Gasteiger partial charge < -0.3 is 19.0 Å². The van der Waals surface area contributed by atoms with Gasteiger partial charge >= 0.3 is 6.03 Å². The molecule has 20 heavy (non-hydrogen) atoms. The van der Waals surface area contributed by atoms with Gasteiger partial charge in [0.1, 0.15) is 5.76 Å². The lowest BCUT2D eigenvalue weighted by Gasteiger charge is -2.32. The molecule has 2 fully saturated rings. The van der Waals surface area contributed by atoms with Gasteiger partial charge in [0.25, 0.3) is 0 Å². The number of rotatable bonds is 1. The lowest BCUT2D eigenvalue weighted by atomic mass is 10.2. The molecule has 0 N–H and O–H groups in total. The van der Waals surface area contributed by atoms with E-state index in [1.165, 1.54) is 0 Å². The van der Waals surface area contributed by atoms with Crippen LogP contribution in [-0.2, 0) is 4.74 Å². The molecule has 1 atom stereocenters. The van der Waals surface area contributed by atoms with E-state index in [-0.39, 0.29) is 6.03 Å². The van der Waals surface area contributed by atoms with Gasteiger partial charge in [0.05, 0.1) is 24.7 Å². The highest BCUT2D eigenvalue weighted by Gasteiger charge is 2.27. The lowest BCUT2D eigenvalue weighted by Crippen LogP contribution is -2.48. The first kappa shape index (κ1) is 13.8. The minimum atomic E-state index is 0.161. The Balaban J connectivity index is 1.57. The second kappa shape index (κ2) is 6.54. The second-order valence-corrected chi connectivity index (χ2v) is 6.34. The molecule has 2 aliphatic rings. The van der Waals surface area contributed by atoms with Crippen LogP contribution < -0.4 is 0 Å². The van der Waals surface area contributed by atoms with Gasteiger partial charge in [-0.05, 0) is 18.6 Å². The van der Waals surface area contributed by atoms with Gasteiger partial charge in [0.2, 0.25) is 0 Å². The standard InChI is InChI=1S/C14H20N2O3S/c17-14(16-5-9-18-10-6-16)15-4-3-13(20-11-7-15)12-2-1-8-19-12/h1-2,8,13H,3-7,9-11H2/t13-/m0/s1. The molecular weight excluding hydrogens is 276 g/mol. The number of carbonyl (C=O) groups is 1. The van der Waals surface area contributed by atoms with Gasteiger partial charge in [0, 0.05) is 31.9 Å². The Morgan fingerprint density at radius 2 is 2.00 bits per heavy atom. The molecule has 5 nitrogen and oxygen atoms in total. The SMILES string of the molecule is O=C(N1CCOCC1)N1CCS[C@H](c2ccco2)CC1. The van der Waals surface area contributed by atoms with E-state index in [2.05, 4.69) is 0 Å². The van der Waals surface area contributed by atoms with Crippen molar-refractivity contribution in [2.24, 2.45) is 0 Å². The van der Waals surface area contributed by atoms with Crippen molar-refractivity contribution in [2.75, 3.05) is 45.1 Å². The number of hydrogen-bond acceptors (Lipinski definition) is 4. The molecule has 0 spiro atoms. The first-order chi connectivity index (χ1) is 9.84. The number of furan rings is 1. The Morgan fingerprint density at radius 1 is 1.20 bits per heavy atom. The molecule has 0 unspecified atom stereocenters. The average Bonchev–Trinajstić information content (AvgIpc) is 2.92. The van der Waals surface area contributed by atoms with Gasteiger partial charge in [-0.25, -0.2) is 4.79 Å². The van der Waals surface area contributed by atoms with Crippen molar-refractivity contribution in [3.05, 3.63) is 24.2 Å². The quantitative estimate of drug-likeness (QED) is 0.797. The maximum Gasteiger partial charge on any atom is 0.320 e. The number of urea groups is 1. The molecule has 0 bridgehead atoms. The third-order valence-electron chi connectivity index (χ3n) is 3.75. The predicted octanol–water partition coefficient (Wildman–Crippen LogP) is 2.21. The van der Waals surface area contributed by atoms with Crippen molar-refractivity contribution in [1.29, 1.82) is 0 Å². The number of morpholine rings is 1. The number of nitrogens with zero attached hydrogens (tertiary/aromatic N) is 2. The minimum Gasteiger partial charge on any atom is -0.468 e. The summed E-state index contributed by atoms with van der Waals surface area (Å²) < 4.78 is 10.8. The average molecular weight is 296 g/mol. The maximum absolute atomic E-state index is 12.5. The summed E-state index contributed by atoms with van der Waals surface area (Å²) in [6, 6.07) is 4.11. The van der Waals surface area contributed by atoms with Crippen LogP contribution in [0.1, 0.15) is 17.4 Å². The maximum atomic E-state index is 12.5. The molecule has 0 saturated carbocycles. The van der Waals surface area contributed by atoms with Gasteiger partial charge in [-0.15, -0.1) is 11.8 Å². The van der Waals surface area contributed by atoms with Crippen LogP contribution in [-0.4, -0.2) is 61.0 Å². The van der Waals surface area contributed by atoms with E-state index < -0.39 is 0 Å². The summed E-state index contributed by atoms with van der Waals surface area (Å²) in [7, 11) is 0. The lowest BCUT2D eigenvalue weighted by molar-refractivity contribution is 0.0438. The smallest absolute Gasteiger partial charge is 0.320 e. The van der Waals surface area contributed by atoms with E-state index in [1.54, 1.807) is 6.26 Å². The first-order valence-corrected chi connectivity index (χ1v) is 8.16. The van der Waals surface area contributed by atoms with E-state index in [4.69, 9.17) is 9.15 Å². The van der Waals surface area contributed by atoms with Gasteiger partial charge in [-0.1, -0.05) is 0 Å². The summed E-state index contributed by atoms with van der Waals surface area (Å²) in [6.07, 6.45) is 2.67. The molecular formula is C14H20N2O3S. The highest BCUT2D eigenvalue weighted by Crippen LogP contribution is 2.34. The van der Waals surface area contributed by atoms with Gasteiger partial charge in [-0.3, -0.25) is 0 Å². The largest absolute Gasteiger partial charge is 0.468 e. The van der Waals surface area contributed by atoms with Gasteiger partial charge in [0.15, 0.2) is 0 Å². The summed E-state index contributed by atoms with van der Waals surface area (Å²) >= 11 is 1.88. The zero-order valence-electron chi connectivity index (χ0n) is 11.5. The zero-order valence-corrected chi connectivity index (χ0v) is 12.3. The van der Waals surface area contributed by atoms with Crippen LogP contribution in [0, 0.1) is 0 Å². The highest BCUT2D eigenvalue weighted by atomic mass is 32.2. The molecule has 3 rings (SSSR count). The van der Waals surface area contributed by atoms with Gasteiger partial charge in [-0.2, -0.15) is 0 Å². The summed E-state index contributed by atoms with van der Waals surface area (Å²) in [5.74, 6) is 1.98. The molecule has 3 heterocycles. The fraction of sp³-hybridized carbons (Fsp3) is 0.643. The second-order valence-electron chi connectivity index (χ2n) is 5.03. The molecule has 2 aliphatic heterocycles. The fourth-order valence-corrected chi connectivity index (χ4v) is 3.80. The minimum absolute atomic E-state index is 0.161. The number of thioether (sulfide) groups is 1. The van der Waals surface area contributed by atoms with E-state index >= 15 is 0 Å². The van der Waals surface area contributed by atoms with Crippen LogP contribution in [0.2, 0.25) is 0 Å². The van der Waals surface area contributed by atoms with Crippen LogP contribution >= 0.6 is 11.8 Å². The van der Waals surface area contributed by atoms with Crippen molar-refractivity contribution in [3.8, 4) is 0 Å². The van der Waals surface area contributed by atoms with Crippen LogP contribution in [0.3, 0.4) is 0 Å². The van der Waals surface area contributed by atoms with Crippen LogP contribution in [0.15, 0.2) is 22.8 Å². The van der Waals surface area contributed by atoms with E-state index in [1.807, 2.05) is 33.7 Å². The van der Waals surface area contributed by atoms with Crippen molar-refractivity contribution < 1.29 is 13.9 Å². The predicted molar refractivity (Wildman–Crippen MR) is 77.9 cm³/mol. The highest BCUT2D eigenvalue weighted by molar-refractivity contribution is 7.99. The Kier molecular flexibility index (Phi) is 4.52. The summed E-state index contributed by atoms with van der Waals surface area (Å²) in [4.78, 5) is 16.3. The molecule has 0 radical (unpaired) electrons. The Labute approximate surface area is 123 Å². The van der Waals surface area contributed by atoms with E-state index in [9.17, 15) is 4.79 Å². The first-order valence-electron chi connectivity index (χ1n) is 7.11. The van der Waals surface area contributed by atoms with Crippen LogP contribution in [0.25, 0.3) is 0 Å². The Bertz CT molecular complexity index is 432. The Morgan fingerprint density at radius 3 is 2.75 bits per heavy atom. The van der Waals surface area contributed by atoms with Crippen molar-refractivity contribution in [2.45, 2.75) is 11.7 Å². The van der Waals surface area contributed by atoms with E-state index in [0.29, 0.717) is 31.6 Å². The van der Waals surface area contributed by atoms with Crippen molar-refractivity contribution in [1.82, 2.24) is 9.80 Å². The molecule has 6 heteroatoms. The molecule has 2 amide bonds. The summed E-state index contributed by atoms with van der Waals surface area (Å²) in [6.45, 7) is 4.35. The normalized spacial score (nSPS) is 24.5. The summed E-state index contributed by atoms with van der Waals surface area (Å²) in [5.41, 5.74) is 0. The molecule has 0 aliphatic carbocycles. The van der Waals surface area contributed by atoms with Crippen LogP contribution in [0.4, 0.5) is 4.79 Å². The number of carbonyl (C=O) groups excluding carboxylic acids is 1. The molecule has 110 valence electrons. The van der Waals surface area contributed by atoms with E-state index in [0.717, 1.165) is 31.0 Å². The number of amides is 2. The number of hydrogen-bond donors (Lipinski definition) is 0. The molecule has 2 saturated heterocycles. The van der Waals surface area contributed by atoms with Crippen molar-refractivity contribution >= 4 is 17.8 Å². The monoisotopic (exact) mass is 296 g/mol. The zero-order chi connectivity index (χ0) is 13.8. The van der Waals surface area contributed by atoms with Crippen molar-refractivity contribution in [3.63, 3.8) is 0 Å². The molecule has 1 aromatic heterocycles. The molecule has 0 aromatic carbocycles.